The molecule has 1 heterocycles. The average molecular weight is 465 g/mol. The SMILES string of the molecule is COc1ccc(-c2nc(CI)c(C)o2)cc1.COc1ccc(C=O)cc1. The van der Waals surface area contributed by atoms with Crippen molar-refractivity contribution in [1.82, 2.24) is 4.98 Å². The minimum atomic E-state index is 0.667. The van der Waals surface area contributed by atoms with Crippen LogP contribution < -0.4 is 9.47 Å². The number of halogens is 1. The summed E-state index contributed by atoms with van der Waals surface area (Å²) in [6.45, 7) is 1.94. The second-order valence-electron chi connectivity index (χ2n) is 5.28. The van der Waals surface area contributed by atoms with Crippen LogP contribution in [0, 0.1) is 6.92 Å². The van der Waals surface area contributed by atoms with Gasteiger partial charge < -0.3 is 13.9 Å². The van der Waals surface area contributed by atoms with E-state index in [0.29, 0.717) is 11.5 Å². The smallest absolute Gasteiger partial charge is 0.226 e. The van der Waals surface area contributed by atoms with E-state index in [-0.39, 0.29) is 0 Å². The molecular weight excluding hydrogens is 445 g/mol. The van der Waals surface area contributed by atoms with Gasteiger partial charge in [0, 0.05) is 15.6 Å². The van der Waals surface area contributed by atoms with Crippen LogP contribution in [0.15, 0.2) is 52.9 Å². The third-order valence-electron chi connectivity index (χ3n) is 3.61. The van der Waals surface area contributed by atoms with Crippen molar-refractivity contribution >= 4 is 28.9 Å². The van der Waals surface area contributed by atoms with E-state index in [0.717, 1.165) is 39.2 Å². The molecule has 0 N–H and O–H groups in total. The molecule has 0 aliphatic rings. The summed E-state index contributed by atoms with van der Waals surface area (Å²) in [6.07, 6.45) is 0.805. The maximum absolute atomic E-state index is 10.2. The van der Waals surface area contributed by atoms with Crippen molar-refractivity contribution in [3.8, 4) is 23.0 Å². The Morgan fingerprint density at radius 2 is 1.54 bits per heavy atom. The van der Waals surface area contributed by atoms with Gasteiger partial charge in [-0.3, -0.25) is 4.79 Å². The van der Waals surface area contributed by atoms with Crippen LogP contribution in [0.2, 0.25) is 0 Å². The van der Waals surface area contributed by atoms with Crippen molar-refractivity contribution in [2.24, 2.45) is 0 Å². The molecule has 0 bridgehead atoms. The number of aromatic nitrogens is 1. The summed E-state index contributed by atoms with van der Waals surface area (Å²) in [6, 6.07) is 14.6. The van der Waals surface area contributed by atoms with Crippen molar-refractivity contribution in [1.29, 1.82) is 0 Å². The van der Waals surface area contributed by atoms with Crippen LogP contribution in [0.25, 0.3) is 11.5 Å². The van der Waals surface area contributed by atoms with Crippen molar-refractivity contribution in [3.05, 3.63) is 65.5 Å². The number of hydrogen-bond donors (Lipinski definition) is 0. The number of hydrogen-bond acceptors (Lipinski definition) is 5. The Morgan fingerprint density at radius 1 is 1.00 bits per heavy atom. The summed E-state index contributed by atoms with van der Waals surface area (Å²) >= 11 is 2.28. The lowest BCUT2D eigenvalue weighted by atomic mass is 10.2. The van der Waals surface area contributed by atoms with Crippen LogP contribution in [-0.4, -0.2) is 25.5 Å². The Hall–Kier alpha value is -2.35. The van der Waals surface area contributed by atoms with Gasteiger partial charge in [0.2, 0.25) is 5.89 Å². The summed E-state index contributed by atoms with van der Waals surface area (Å²) in [5.41, 5.74) is 2.65. The third-order valence-corrected chi connectivity index (χ3v) is 4.33. The summed E-state index contributed by atoms with van der Waals surface area (Å²) < 4.78 is 16.5. The van der Waals surface area contributed by atoms with Gasteiger partial charge >= 0.3 is 0 Å². The van der Waals surface area contributed by atoms with E-state index >= 15 is 0 Å². The fourth-order valence-corrected chi connectivity index (χ4v) is 2.80. The van der Waals surface area contributed by atoms with Crippen molar-refractivity contribution in [2.75, 3.05) is 14.2 Å². The largest absolute Gasteiger partial charge is 0.497 e. The number of oxazole rings is 1. The minimum absolute atomic E-state index is 0.667. The molecule has 5 nitrogen and oxygen atoms in total. The predicted octanol–water partition coefficient (Wildman–Crippen LogP) is 5.10. The van der Waals surface area contributed by atoms with Crippen molar-refractivity contribution < 1.29 is 18.7 Å². The monoisotopic (exact) mass is 465 g/mol. The van der Waals surface area contributed by atoms with Crippen LogP contribution in [0.5, 0.6) is 11.5 Å². The van der Waals surface area contributed by atoms with Gasteiger partial charge in [-0.05, 0) is 55.5 Å². The van der Waals surface area contributed by atoms with E-state index in [1.54, 1.807) is 38.5 Å². The van der Waals surface area contributed by atoms with E-state index in [4.69, 9.17) is 13.9 Å². The summed E-state index contributed by atoms with van der Waals surface area (Å²) in [5, 5.41) is 0. The number of nitrogens with zero attached hydrogens (tertiary/aromatic N) is 1. The van der Waals surface area contributed by atoms with Gasteiger partial charge in [-0.2, -0.15) is 0 Å². The Morgan fingerprint density at radius 3 is 1.96 bits per heavy atom. The number of aryl methyl sites for hydroxylation is 1. The maximum atomic E-state index is 10.2. The quantitative estimate of drug-likeness (QED) is 0.298. The van der Waals surface area contributed by atoms with Gasteiger partial charge in [0.05, 0.1) is 19.9 Å². The molecule has 0 radical (unpaired) electrons. The van der Waals surface area contributed by atoms with E-state index in [1.165, 1.54) is 0 Å². The molecule has 0 unspecified atom stereocenters. The fourth-order valence-electron chi connectivity index (χ4n) is 2.09. The molecule has 0 saturated heterocycles. The zero-order valence-electron chi connectivity index (χ0n) is 14.9. The van der Waals surface area contributed by atoms with Gasteiger partial charge in [-0.1, -0.05) is 22.6 Å². The van der Waals surface area contributed by atoms with Gasteiger partial charge in [-0.15, -0.1) is 0 Å². The zero-order chi connectivity index (χ0) is 18.9. The normalized spacial score (nSPS) is 9.85. The summed E-state index contributed by atoms with van der Waals surface area (Å²) in [5.74, 6) is 3.17. The Bertz CT molecular complexity index is 826. The number of carbonyl (C=O) groups excluding carboxylic acids is 1. The molecule has 1 aromatic heterocycles. The molecule has 3 aromatic rings. The van der Waals surface area contributed by atoms with E-state index in [9.17, 15) is 4.79 Å². The minimum Gasteiger partial charge on any atom is -0.497 e. The maximum Gasteiger partial charge on any atom is 0.226 e. The van der Waals surface area contributed by atoms with Crippen molar-refractivity contribution in [3.63, 3.8) is 0 Å². The number of benzene rings is 2. The highest BCUT2D eigenvalue weighted by atomic mass is 127. The van der Waals surface area contributed by atoms with Gasteiger partial charge in [0.25, 0.3) is 0 Å². The molecule has 26 heavy (non-hydrogen) atoms. The lowest BCUT2D eigenvalue weighted by molar-refractivity contribution is 0.112. The van der Waals surface area contributed by atoms with Crippen LogP contribution in [0.1, 0.15) is 21.8 Å². The first kappa shape index (κ1) is 20.0. The number of alkyl halides is 1. The molecule has 0 aliphatic carbocycles. The molecule has 0 amide bonds. The average Bonchev–Trinajstić information content (AvgIpc) is 3.09. The second-order valence-corrected chi connectivity index (χ2v) is 6.04. The first-order valence-electron chi connectivity index (χ1n) is 7.87. The second kappa shape index (κ2) is 9.96. The van der Waals surface area contributed by atoms with Crippen molar-refractivity contribution in [2.45, 2.75) is 11.4 Å². The van der Waals surface area contributed by atoms with Gasteiger partial charge in [0.1, 0.15) is 23.5 Å². The van der Waals surface area contributed by atoms with E-state index in [1.807, 2.05) is 31.2 Å². The van der Waals surface area contributed by atoms with Crippen LogP contribution >= 0.6 is 22.6 Å². The lowest BCUT2D eigenvalue weighted by Gasteiger charge is -1.99. The van der Waals surface area contributed by atoms with Gasteiger partial charge in [-0.25, -0.2) is 4.98 Å². The van der Waals surface area contributed by atoms with Crippen LogP contribution in [0.3, 0.4) is 0 Å². The zero-order valence-corrected chi connectivity index (χ0v) is 17.0. The molecule has 0 aliphatic heterocycles. The number of rotatable bonds is 5. The molecule has 0 saturated carbocycles. The topological polar surface area (TPSA) is 61.6 Å². The highest BCUT2D eigenvalue weighted by Gasteiger charge is 2.10. The highest BCUT2D eigenvalue weighted by molar-refractivity contribution is 14.1. The third kappa shape index (κ3) is 5.32. The standard InChI is InChI=1S/C12H12INO2.C8H8O2/c1-8-11(7-13)14-12(16-8)9-3-5-10(15-2)6-4-9;1-10-8-4-2-7(6-9)3-5-8/h3-6H,7H2,1-2H3;2-6H,1H3. The lowest BCUT2D eigenvalue weighted by Crippen LogP contribution is -1.83. The number of ether oxygens (including phenoxy) is 2. The molecule has 0 fully saturated rings. The Balaban J connectivity index is 0.000000209. The van der Waals surface area contributed by atoms with E-state index in [2.05, 4.69) is 27.6 Å². The molecular formula is C20H20INO4. The van der Waals surface area contributed by atoms with E-state index < -0.39 is 0 Å². The first-order chi connectivity index (χ1) is 12.6. The molecule has 0 spiro atoms. The number of carbonyl (C=O) groups is 1. The molecule has 0 atom stereocenters. The molecule has 136 valence electrons. The summed E-state index contributed by atoms with van der Waals surface area (Å²) in [7, 11) is 3.24. The Kier molecular flexibility index (Phi) is 7.65. The highest BCUT2D eigenvalue weighted by Crippen LogP contribution is 2.24. The fraction of sp³-hybridized carbons (Fsp3) is 0.200. The predicted molar refractivity (Wildman–Crippen MR) is 109 cm³/mol. The number of aldehydes is 1. The van der Waals surface area contributed by atoms with Crippen LogP contribution in [0.4, 0.5) is 0 Å². The van der Waals surface area contributed by atoms with Gasteiger partial charge in [0.15, 0.2) is 0 Å². The molecule has 6 heteroatoms. The van der Waals surface area contributed by atoms with Crippen LogP contribution in [-0.2, 0) is 4.43 Å². The molecule has 3 rings (SSSR count). The number of methoxy groups -OCH3 is 2. The first-order valence-corrected chi connectivity index (χ1v) is 9.39. The molecule has 2 aromatic carbocycles. The Labute approximate surface area is 166 Å². The summed E-state index contributed by atoms with van der Waals surface area (Å²) in [4.78, 5) is 14.6.